The summed E-state index contributed by atoms with van der Waals surface area (Å²) < 4.78 is 0.660. The van der Waals surface area contributed by atoms with Gasteiger partial charge in [0.15, 0.2) is 0 Å². The van der Waals surface area contributed by atoms with Crippen molar-refractivity contribution < 1.29 is 0 Å². The largest absolute Gasteiger partial charge is 0.345 e. The van der Waals surface area contributed by atoms with Crippen LogP contribution in [0.1, 0.15) is 25.3 Å². The van der Waals surface area contributed by atoms with Crippen molar-refractivity contribution in [1.82, 2.24) is 15.0 Å². The van der Waals surface area contributed by atoms with Gasteiger partial charge in [-0.25, -0.2) is 4.98 Å². The van der Waals surface area contributed by atoms with Gasteiger partial charge in [-0.15, -0.1) is 0 Å². The van der Waals surface area contributed by atoms with Gasteiger partial charge in [0.1, 0.15) is 4.64 Å². The lowest BCUT2D eigenvalue weighted by atomic mass is 10.00. The molecule has 0 atom stereocenters. The first-order chi connectivity index (χ1) is 7.70. The normalized spacial score (nSPS) is 10.7. The monoisotopic (exact) mass is 231 g/mol. The van der Waals surface area contributed by atoms with Crippen molar-refractivity contribution in [3.63, 3.8) is 0 Å². The van der Waals surface area contributed by atoms with Gasteiger partial charge in [0, 0.05) is 23.5 Å². The number of hydrogen-bond donors (Lipinski definition) is 1. The van der Waals surface area contributed by atoms with Crippen molar-refractivity contribution in [2.75, 3.05) is 0 Å². The third-order valence-corrected chi connectivity index (χ3v) is 2.74. The van der Waals surface area contributed by atoms with Crippen molar-refractivity contribution in [2.24, 2.45) is 0 Å². The fourth-order valence-electron chi connectivity index (χ4n) is 1.69. The van der Waals surface area contributed by atoms with E-state index >= 15 is 0 Å². The Morgan fingerprint density at radius 3 is 2.81 bits per heavy atom. The highest BCUT2D eigenvalue weighted by atomic mass is 32.1. The van der Waals surface area contributed by atoms with Crippen molar-refractivity contribution >= 4 is 12.2 Å². The summed E-state index contributed by atoms with van der Waals surface area (Å²) >= 11 is 5.26. The van der Waals surface area contributed by atoms with E-state index in [0.717, 1.165) is 16.8 Å². The van der Waals surface area contributed by atoms with Crippen LogP contribution in [0.3, 0.4) is 0 Å². The summed E-state index contributed by atoms with van der Waals surface area (Å²) in [5.41, 5.74) is 3.13. The second-order valence-corrected chi connectivity index (χ2v) is 4.28. The third kappa shape index (κ3) is 2.02. The predicted molar refractivity (Wildman–Crippen MR) is 66.7 cm³/mol. The van der Waals surface area contributed by atoms with Gasteiger partial charge in [-0.05, 0) is 18.1 Å². The molecule has 2 aromatic rings. The Morgan fingerprint density at radius 1 is 1.38 bits per heavy atom. The molecule has 0 aliphatic carbocycles. The van der Waals surface area contributed by atoms with E-state index in [1.165, 1.54) is 0 Å². The summed E-state index contributed by atoms with van der Waals surface area (Å²) in [5.74, 6) is 0.340. The van der Waals surface area contributed by atoms with Gasteiger partial charge >= 0.3 is 0 Å². The zero-order valence-electron chi connectivity index (χ0n) is 9.27. The molecule has 16 heavy (non-hydrogen) atoms. The number of nitrogens with one attached hydrogen (secondary N) is 1. The zero-order valence-corrected chi connectivity index (χ0v) is 10.1. The molecule has 0 fully saturated rings. The van der Waals surface area contributed by atoms with Crippen molar-refractivity contribution in [3.8, 4) is 11.3 Å². The molecular weight excluding hydrogens is 218 g/mol. The molecule has 1 N–H and O–H groups in total. The standard InChI is InChI=1S/C12H13N3S/c1-8(2)10-11(14-7-15-12(10)16)9-4-3-5-13-6-9/h3-8H,1-2H3,(H,14,15,16). The Labute approximate surface area is 99.6 Å². The van der Waals surface area contributed by atoms with Gasteiger partial charge < -0.3 is 4.98 Å². The fourth-order valence-corrected chi connectivity index (χ4v) is 2.09. The van der Waals surface area contributed by atoms with Crippen LogP contribution in [0.5, 0.6) is 0 Å². The molecule has 0 saturated heterocycles. The Bertz CT molecular complexity index is 531. The molecular formula is C12H13N3S. The molecule has 0 saturated carbocycles. The molecule has 0 radical (unpaired) electrons. The maximum Gasteiger partial charge on any atom is 0.133 e. The molecule has 0 aromatic carbocycles. The lowest BCUT2D eigenvalue weighted by Gasteiger charge is -2.11. The Kier molecular flexibility index (Phi) is 3.10. The number of H-pyrrole nitrogens is 1. The lowest BCUT2D eigenvalue weighted by molar-refractivity contribution is 0.843. The van der Waals surface area contributed by atoms with E-state index in [4.69, 9.17) is 12.2 Å². The predicted octanol–water partition coefficient (Wildman–Crippen LogP) is 3.32. The van der Waals surface area contributed by atoms with Crippen molar-refractivity contribution in [2.45, 2.75) is 19.8 Å². The van der Waals surface area contributed by atoms with E-state index in [1.807, 2.05) is 18.3 Å². The first kappa shape index (κ1) is 11.0. The van der Waals surface area contributed by atoms with Crippen molar-refractivity contribution in [3.05, 3.63) is 41.1 Å². The number of hydrogen-bond acceptors (Lipinski definition) is 3. The number of rotatable bonds is 2. The van der Waals surface area contributed by atoms with Crippen LogP contribution in [-0.4, -0.2) is 15.0 Å². The Balaban J connectivity index is 2.66. The summed E-state index contributed by atoms with van der Waals surface area (Å²) in [6.45, 7) is 4.22. The van der Waals surface area contributed by atoms with Crippen LogP contribution in [0.15, 0.2) is 30.9 Å². The van der Waals surface area contributed by atoms with Gasteiger partial charge in [-0.1, -0.05) is 26.1 Å². The van der Waals surface area contributed by atoms with Crippen LogP contribution in [0.4, 0.5) is 0 Å². The zero-order chi connectivity index (χ0) is 11.5. The number of aromatic amines is 1. The first-order valence-corrected chi connectivity index (χ1v) is 5.59. The highest BCUT2D eigenvalue weighted by Gasteiger charge is 2.11. The quantitative estimate of drug-likeness (QED) is 0.806. The van der Waals surface area contributed by atoms with E-state index in [2.05, 4.69) is 28.8 Å². The first-order valence-electron chi connectivity index (χ1n) is 5.18. The highest BCUT2D eigenvalue weighted by molar-refractivity contribution is 7.71. The van der Waals surface area contributed by atoms with Gasteiger partial charge in [-0.3, -0.25) is 4.98 Å². The van der Waals surface area contributed by atoms with Crippen LogP contribution in [0.2, 0.25) is 0 Å². The molecule has 82 valence electrons. The SMILES string of the molecule is CC(C)c1c(-c2cccnc2)[nH]cnc1=S. The minimum atomic E-state index is 0.340. The molecule has 0 unspecified atom stereocenters. The summed E-state index contributed by atoms with van der Waals surface area (Å²) in [4.78, 5) is 11.4. The van der Waals surface area contributed by atoms with Crippen LogP contribution in [0.25, 0.3) is 11.3 Å². The molecule has 4 heteroatoms. The average Bonchev–Trinajstić information content (AvgIpc) is 2.29. The maximum absolute atomic E-state index is 5.26. The molecule has 0 amide bonds. The molecule has 2 rings (SSSR count). The summed E-state index contributed by atoms with van der Waals surface area (Å²) in [6, 6.07) is 3.93. The maximum atomic E-state index is 5.26. The van der Waals surface area contributed by atoms with E-state index < -0.39 is 0 Å². The molecule has 0 bridgehead atoms. The average molecular weight is 231 g/mol. The van der Waals surface area contributed by atoms with E-state index in [1.54, 1.807) is 12.5 Å². The molecule has 2 heterocycles. The highest BCUT2D eigenvalue weighted by Crippen LogP contribution is 2.26. The van der Waals surface area contributed by atoms with Crippen LogP contribution in [-0.2, 0) is 0 Å². The summed E-state index contributed by atoms with van der Waals surface area (Å²) in [5, 5.41) is 0. The van der Waals surface area contributed by atoms with E-state index in [0.29, 0.717) is 10.6 Å². The molecule has 2 aromatic heterocycles. The van der Waals surface area contributed by atoms with Gasteiger partial charge in [0.25, 0.3) is 0 Å². The van der Waals surface area contributed by atoms with Gasteiger partial charge in [0.2, 0.25) is 0 Å². The fraction of sp³-hybridized carbons (Fsp3) is 0.250. The number of pyridine rings is 1. The number of nitrogens with zero attached hydrogens (tertiary/aromatic N) is 2. The summed E-state index contributed by atoms with van der Waals surface area (Å²) in [6.07, 6.45) is 5.22. The Hall–Kier alpha value is -1.55. The molecule has 0 aliphatic heterocycles. The smallest absolute Gasteiger partial charge is 0.133 e. The molecule has 0 spiro atoms. The topological polar surface area (TPSA) is 41.6 Å². The molecule has 0 aliphatic rings. The second-order valence-electron chi connectivity index (χ2n) is 3.89. The number of aromatic nitrogens is 3. The third-order valence-electron chi connectivity index (χ3n) is 2.42. The van der Waals surface area contributed by atoms with Gasteiger partial charge in [0.05, 0.1) is 12.0 Å². The minimum Gasteiger partial charge on any atom is -0.345 e. The Morgan fingerprint density at radius 2 is 2.19 bits per heavy atom. The molecule has 3 nitrogen and oxygen atoms in total. The van der Waals surface area contributed by atoms with Crippen LogP contribution in [0, 0.1) is 4.64 Å². The van der Waals surface area contributed by atoms with E-state index in [9.17, 15) is 0 Å². The second kappa shape index (κ2) is 4.53. The van der Waals surface area contributed by atoms with Crippen LogP contribution >= 0.6 is 12.2 Å². The van der Waals surface area contributed by atoms with Crippen molar-refractivity contribution in [1.29, 1.82) is 0 Å². The lowest BCUT2D eigenvalue weighted by Crippen LogP contribution is -1.98. The summed E-state index contributed by atoms with van der Waals surface area (Å²) in [7, 11) is 0. The minimum absolute atomic E-state index is 0.340. The van der Waals surface area contributed by atoms with E-state index in [-0.39, 0.29) is 0 Å². The van der Waals surface area contributed by atoms with Gasteiger partial charge in [-0.2, -0.15) is 0 Å². The van der Waals surface area contributed by atoms with Crippen LogP contribution < -0.4 is 0 Å².